The monoisotopic (exact) mass is 364 g/mol. The Labute approximate surface area is 137 Å². The molecule has 116 valence electrons. The molecule has 0 amide bonds. The highest BCUT2D eigenvalue weighted by atomic mass is 79.9. The molecule has 2 rings (SSSR count). The summed E-state index contributed by atoms with van der Waals surface area (Å²) in [6, 6.07) is 12.8. The summed E-state index contributed by atoms with van der Waals surface area (Å²) in [5.74, 6) is 0.0862. The standard InChI is InChI=1S/C17H17BrO4/c1-2-12-3-6-14(7-4-12)21-9-10-22-16-8-5-13(18)11-15(16)17(19)20/h3-8,11H,2,9-10H2,1H3,(H,19,20). The number of hydrogen-bond acceptors (Lipinski definition) is 3. The lowest BCUT2D eigenvalue weighted by molar-refractivity contribution is 0.0691. The summed E-state index contributed by atoms with van der Waals surface area (Å²) in [5.41, 5.74) is 1.38. The SMILES string of the molecule is CCc1ccc(OCCOc2ccc(Br)cc2C(=O)O)cc1. The van der Waals surface area contributed by atoms with E-state index in [2.05, 4.69) is 22.9 Å². The van der Waals surface area contributed by atoms with Crippen molar-refractivity contribution in [2.24, 2.45) is 0 Å². The normalized spacial score (nSPS) is 10.3. The largest absolute Gasteiger partial charge is 0.490 e. The average molecular weight is 365 g/mol. The van der Waals surface area contributed by atoms with Crippen LogP contribution in [0.25, 0.3) is 0 Å². The molecule has 0 aromatic heterocycles. The van der Waals surface area contributed by atoms with E-state index in [1.807, 2.05) is 24.3 Å². The van der Waals surface area contributed by atoms with E-state index in [9.17, 15) is 4.79 Å². The van der Waals surface area contributed by atoms with Crippen molar-refractivity contribution in [1.29, 1.82) is 0 Å². The Bertz CT molecular complexity index is 638. The molecular weight excluding hydrogens is 348 g/mol. The molecule has 1 N–H and O–H groups in total. The Morgan fingerprint density at radius 3 is 2.41 bits per heavy atom. The van der Waals surface area contributed by atoms with Gasteiger partial charge in [-0.05, 0) is 42.3 Å². The van der Waals surface area contributed by atoms with Crippen molar-refractivity contribution in [3.8, 4) is 11.5 Å². The van der Waals surface area contributed by atoms with Gasteiger partial charge in [0.15, 0.2) is 0 Å². The maximum atomic E-state index is 11.2. The lowest BCUT2D eigenvalue weighted by atomic mass is 10.2. The van der Waals surface area contributed by atoms with Crippen LogP contribution in [0.2, 0.25) is 0 Å². The maximum absolute atomic E-state index is 11.2. The number of carboxylic acid groups (broad SMARTS) is 1. The minimum absolute atomic E-state index is 0.127. The Hall–Kier alpha value is -2.01. The molecule has 0 aliphatic heterocycles. The van der Waals surface area contributed by atoms with E-state index in [4.69, 9.17) is 14.6 Å². The highest BCUT2D eigenvalue weighted by Gasteiger charge is 2.11. The number of aryl methyl sites for hydroxylation is 1. The number of hydrogen-bond donors (Lipinski definition) is 1. The molecule has 0 unspecified atom stereocenters. The molecule has 0 heterocycles. The summed E-state index contributed by atoms with van der Waals surface area (Å²) in [6.45, 7) is 2.72. The van der Waals surface area contributed by atoms with Crippen LogP contribution in [-0.4, -0.2) is 24.3 Å². The van der Waals surface area contributed by atoms with Gasteiger partial charge in [-0.3, -0.25) is 0 Å². The van der Waals surface area contributed by atoms with Crippen LogP contribution in [0.3, 0.4) is 0 Å². The van der Waals surface area contributed by atoms with Crippen molar-refractivity contribution < 1.29 is 19.4 Å². The third-order valence-electron chi connectivity index (χ3n) is 3.11. The van der Waals surface area contributed by atoms with E-state index in [1.54, 1.807) is 12.1 Å². The van der Waals surface area contributed by atoms with Gasteiger partial charge in [-0.1, -0.05) is 35.0 Å². The summed E-state index contributed by atoms with van der Waals surface area (Å²) >= 11 is 3.25. The molecule has 0 atom stereocenters. The maximum Gasteiger partial charge on any atom is 0.339 e. The molecule has 0 saturated carbocycles. The molecule has 0 aliphatic carbocycles. The van der Waals surface area contributed by atoms with Crippen LogP contribution in [-0.2, 0) is 6.42 Å². The predicted molar refractivity (Wildman–Crippen MR) is 87.9 cm³/mol. The molecular formula is C17H17BrO4. The first-order valence-corrected chi connectivity index (χ1v) is 7.77. The Balaban J connectivity index is 1.87. The highest BCUT2D eigenvalue weighted by molar-refractivity contribution is 9.10. The summed E-state index contributed by atoms with van der Waals surface area (Å²) in [6.07, 6.45) is 0.991. The molecule has 2 aromatic rings. The van der Waals surface area contributed by atoms with Gasteiger partial charge in [-0.2, -0.15) is 0 Å². The van der Waals surface area contributed by atoms with Crippen molar-refractivity contribution in [1.82, 2.24) is 0 Å². The number of benzene rings is 2. The molecule has 4 nitrogen and oxygen atoms in total. The minimum atomic E-state index is -1.02. The Morgan fingerprint density at radius 2 is 1.77 bits per heavy atom. The van der Waals surface area contributed by atoms with Crippen LogP contribution in [0.1, 0.15) is 22.8 Å². The summed E-state index contributed by atoms with van der Waals surface area (Å²) in [7, 11) is 0. The van der Waals surface area contributed by atoms with Crippen molar-refractivity contribution in [3.63, 3.8) is 0 Å². The quantitative estimate of drug-likeness (QED) is 0.749. The molecule has 0 radical (unpaired) electrons. The highest BCUT2D eigenvalue weighted by Crippen LogP contribution is 2.23. The van der Waals surface area contributed by atoms with E-state index < -0.39 is 5.97 Å². The average Bonchev–Trinajstić information content (AvgIpc) is 2.53. The molecule has 0 fully saturated rings. The predicted octanol–water partition coefficient (Wildman–Crippen LogP) is 4.17. The Morgan fingerprint density at radius 1 is 1.09 bits per heavy atom. The first kappa shape index (κ1) is 16.4. The van der Waals surface area contributed by atoms with Crippen molar-refractivity contribution in [3.05, 3.63) is 58.1 Å². The van der Waals surface area contributed by atoms with Crippen molar-refractivity contribution in [2.45, 2.75) is 13.3 Å². The van der Waals surface area contributed by atoms with Crippen molar-refractivity contribution >= 4 is 21.9 Å². The molecule has 2 aromatic carbocycles. The van der Waals surface area contributed by atoms with Crippen LogP contribution >= 0.6 is 15.9 Å². The fourth-order valence-electron chi connectivity index (χ4n) is 1.93. The van der Waals surface area contributed by atoms with Crippen LogP contribution in [0.4, 0.5) is 0 Å². The second-order valence-corrected chi connectivity index (χ2v) is 5.56. The number of ether oxygens (including phenoxy) is 2. The fraction of sp³-hybridized carbons (Fsp3) is 0.235. The van der Waals surface area contributed by atoms with E-state index in [1.165, 1.54) is 11.6 Å². The number of rotatable bonds is 7. The van der Waals surface area contributed by atoms with Gasteiger partial charge in [-0.15, -0.1) is 0 Å². The zero-order chi connectivity index (χ0) is 15.9. The van der Waals surface area contributed by atoms with Crippen LogP contribution < -0.4 is 9.47 Å². The molecule has 0 spiro atoms. The first-order chi connectivity index (χ1) is 10.6. The van der Waals surface area contributed by atoms with Gasteiger partial charge in [0.05, 0.1) is 0 Å². The van der Waals surface area contributed by atoms with Gasteiger partial charge in [0, 0.05) is 4.47 Å². The Kier molecular flexibility index (Phi) is 5.83. The van der Waals surface area contributed by atoms with E-state index >= 15 is 0 Å². The zero-order valence-electron chi connectivity index (χ0n) is 12.2. The van der Waals surface area contributed by atoms with Crippen molar-refractivity contribution in [2.75, 3.05) is 13.2 Å². The van der Waals surface area contributed by atoms with Gasteiger partial charge >= 0.3 is 5.97 Å². The third-order valence-corrected chi connectivity index (χ3v) is 3.61. The molecule has 0 bridgehead atoms. The molecule has 0 saturated heterocycles. The lowest BCUT2D eigenvalue weighted by Gasteiger charge is -2.11. The van der Waals surface area contributed by atoms with Gasteiger partial charge in [0.2, 0.25) is 0 Å². The van der Waals surface area contributed by atoms with Gasteiger partial charge in [0.1, 0.15) is 30.3 Å². The third kappa shape index (κ3) is 4.49. The molecule has 0 aliphatic rings. The summed E-state index contributed by atoms with van der Waals surface area (Å²) < 4.78 is 11.8. The number of aromatic carboxylic acids is 1. The minimum Gasteiger partial charge on any atom is -0.490 e. The zero-order valence-corrected chi connectivity index (χ0v) is 13.8. The van der Waals surface area contributed by atoms with Gasteiger partial charge in [0.25, 0.3) is 0 Å². The fourth-order valence-corrected chi connectivity index (χ4v) is 2.29. The van der Waals surface area contributed by atoms with Crippen LogP contribution in [0, 0.1) is 0 Å². The summed E-state index contributed by atoms with van der Waals surface area (Å²) in [5, 5.41) is 9.14. The van der Waals surface area contributed by atoms with Gasteiger partial charge in [-0.25, -0.2) is 4.79 Å². The first-order valence-electron chi connectivity index (χ1n) is 6.97. The second kappa shape index (κ2) is 7.84. The lowest BCUT2D eigenvalue weighted by Crippen LogP contribution is -2.11. The molecule has 22 heavy (non-hydrogen) atoms. The molecule has 5 heteroatoms. The number of carbonyl (C=O) groups is 1. The number of halogens is 1. The van der Waals surface area contributed by atoms with E-state index in [-0.39, 0.29) is 12.2 Å². The van der Waals surface area contributed by atoms with E-state index in [0.717, 1.165) is 12.2 Å². The van der Waals surface area contributed by atoms with E-state index in [0.29, 0.717) is 16.8 Å². The van der Waals surface area contributed by atoms with Gasteiger partial charge < -0.3 is 14.6 Å². The number of carboxylic acids is 1. The summed E-state index contributed by atoms with van der Waals surface area (Å²) in [4.78, 5) is 11.2. The topological polar surface area (TPSA) is 55.8 Å². The second-order valence-electron chi connectivity index (χ2n) is 4.64. The van der Waals surface area contributed by atoms with Crippen LogP contribution in [0.5, 0.6) is 11.5 Å². The smallest absolute Gasteiger partial charge is 0.339 e. The van der Waals surface area contributed by atoms with Crippen LogP contribution in [0.15, 0.2) is 46.9 Å².